The topological polar surface area (TPSA) is 8.17 Å². The van der Waals surface area contributed by atoms with Gasteiger partial charge in [0.05, 0.1) is 16.7 Å². The number of nitrogens with zero attached hydrogens (tertiary/aromatic N) is 2. The molecule has 0 radical (unpaired) electrons. The average molecular weight is 795 g/mol. The summed E-state index contributed by atoms with van der Waals surface area (Å²) in [5, 5.41) is 7.56. The van der Waals surface area contributed by atoms with Gasteiger partial charge in [-0.3, -0.25) is 0 Å². The van der Waals surface area contributed by atoms with Crippen molar-refractivity contribution in [3.63, 3.8) is 0 Å². The van der Waals surface area contributed by atoms with Crippen molar-refractivity contribution >= 4 is 81.1 Å². The van der Waals surface area contributed by atoms with Gasteiger partial charge in [0.25, 0.3) is 0 Å². The number of thiophene rings is 1. The molecule has 0 aliphatic rings. The number of rotatable bonds is 7. The molecule has 286 valence electrons. The van der Waals surface area contributed by atoms with Gasteiger partial charge in [-0.1, -0.05) is 170 Å². The fourth-order valence-electron chi connectivity index (χ4n) is 9.33. The number of benzene rings is 10. The number of fused-ring (bicyclic) bond motifs is 8. The molecule has 2 heterocycles. The van der Waals surface area contributed by atoms with Gasteiger partial charge in [-0.2, -0.15) is 0 Å². The Balaban J connectivity index is 1.08. The lowest BCUT2D eigenvalue weighted by Crippen LogP contribution is -2.10. The van der Waals surface area contributed by atoms with Crippen LogP contribution in [0.25, 0.3) is 91.8 Å². The van der Waals surface area contributed by atoms with Crippen molar-refractivity contribution in [1.29, 1.82) is 0 Å². The van der Waals surface area contributed by atoms with E-state index in [1.165, 1.54) is 91.8 Å². The van der Waals surface area contributed by atoms with Crippen LogP contribution in [0.4, 0.5) is 17.1 Å². The maximum atomic E-state index is 2.52. The first-order valence-electron chi connectivity index (χ1n) is 20.8. The number of aromatic nitrogens is 1. The summed E-state index contributed by atoms with van der Waals surface area (Å²) >= 11 is 1.89. The summed E-state index contributed by atoms with van der Waals surface area (Å²) in [6.07, 6.45) is 0. The van der Waals surface area contributed by atoms with Crippen molar-refractivity contribution in [3.8, 4) is 39.1 Å². The van der Waals surface area contributed by atoms with Crippen molar-refractivity contribution in [2.24, 2.45) is 0 Å². The molecule has 0 N–H and O–H groups in total. The molecule has 0 atom stereocenters. The molecule has 0 bridgehead atoms. The van der Waals surface area contributed by atoms with E-state index in [1.54, 1.807) is 0 Å². The molecule has 12 rings (SSSR count). The number of hydrogen-bond donors (Lipinski definition) is 0. The molecule has 0 saturated carbocycles. The van der Waals surface area contributed by atoms with Crippen LogP contribution in [0.3, 0.4) is 0 Å². The van der Waals surface area contributed by atoms with Gasteiger partial charge in [0, 0.05) is 59.0 Å². The fourth-order valence-corrected chi connectivity index (χ4v) is 10.6. The second-order valence-electron chi connectivity index (χ2n) is 15.7. The van der Waals surface area contributed by atoms with E-state index in [0.29, 0.717) is 0 Å². The van der Waals surface area contributed by atoms with Crippen LogP contribution in [0.5, 0.6) is 0 Å². The molecule has 0 unspecified atom stereocenters. The first-order valence-corrected chi connectivity index (χ1v) is 21.7. The van der Waals surface area contributed by atoms with E-state index in [2.05, 4.69) is 240 Å². The van der Waals surface area contributed by atoms with Crippen LogP contribution in [-0.4, -0.2) is 4.57 Å². The molecule has 12 aromatic rings. The minimum absolute atomic E-state index is 1.10. The van der Waals surface area contributed by atoms with Gasteiger partial charge in [-0.05, 0) is 93.9 Å². The highest BCUT2D eigenvalue weighted by atomic mass is 32.1. The predicted molar refractivity (Wildman–Crippen MR) is 262 cm³/mol. The van der Waals surface area contributed by atoms with Crippen LogP contribution in [-0.2, 0) is 0 Å². The van der Waals surface area contributed by atoms with Gasteiger partial charge in [0.15, 0.2) is 0 Å². The van der Waals surface area contributed by atoms with E-state index in [9.17, 15) is 0 Å². The normalized spacial score (nSPS) is 11.6. The molecule has 0 fully saturated rings. The number of hydrogen-bond acceptors (Lipinski definition) is 2. The van der Waals surface area contributed by atoms with Gasteiger partial charge in [-0.15, -0.1) is 11.3 Å². The molecule has 0 amide bonds. The average Bonchev–Trinajstić information content (AvgIpc) is 3.88. The quantitative estimate of drug-likeness (QED) is 0.156. The summed E-state index contributed by atoms with van der Waals surface area (Å²) in [6.45, 7) is 0. The van der Waals surface area contributed by atoms with Crippen LogP contribution >= 0.6 is 11.3 Å². The van der Waals surface area contributed by atoms with Crippen molar-refractivity contribution in [2.75, 3.05) is 4.90 Å². The Morgan fingerprint density at radius 3 is 1.61 bits per heavy atom. The van der Waals surface area contributed by atoms with Crippen molar-refractivity contribution in [3.05, 3.63) is 231 Å². The van der Waals surface area contributed by atoms with E-state index in [0.717, 1.165) is 17.1 Å². The predicted octanol–water partition coefficient (Wildman–Crippen LogP) is 16.8. The summed E-state index contributed by atoms with van der Waals surface area (Å²) in [5.74, 6) is 0. The van der Waals surface area contributed by atoms with Crippen molar-refractivity contribution in [2.45, 2.75) is 0 Å². The monoisotopic (exact) mass is 794 g/mol. The Kier molecular flexibility index (Phi) is 8.39. The second kappa shape index (κ2) is 14.5. The van der Waals surface area contributed by atoms with Gasteiger partial charge in [0.2, 0.25) is 0 Å². The Morgan fingerprint density at radius 2 is 0.902 bits per heavy atom. The van der Waals surface area contributed by atoms with Crippen LogP contribution in [0.15, 0.2) is 231 Å². The van der Waals surface area contributed by atoms with Crippen LogP contribution in [0.1, 0.15) is 0 Å². The third kappa shape index (κ3) is 5.93. The maximum absolute atomic E-state index is 2.52. The summed E-state index contributed by atoms with van der Waals surface area (Å²) in [5.41, 5.74) is 14.2. The smallest absolute Gasteiger partial charge is 0.0634 e. The van der Waals surface area contributed by atoms with Gasteiger partial charge in [-0.25, -0.2) is 0 Å². The molecular formula is C58H38N2S. The standard InChI is InChI=1S/C58H38N2S/c1-3-15-39(16-4-1)41-29-33-45(34-30-41)59(46-35-31-42(32-36-46)40-17-5-2-6-18-40)47-22-13-21-44(37-47)51-38-52-49-24-9-11-26-54(49)60(53-27-14-20-43-19-7-8-23-48(43)53)57(52)56-50-25-10-12-28-55(50)61-58(51)56/h1-38H. The number of para-hydroxylation sites is 1. The highest BCUT2D eigenvalue weighted by Crippen LogP contribution is 2.49. The minimum Gasteiger partial charge on any atom is -0.310 e. The molecule has 0 aliphatic carbocycles. The summed E-state index contributed by atoms with van der Waals surface area (Å²) in [4.78, 5) is 2.39. The molecule has 2 nitrogen and oxygen atoms in total. The van der Waals surface area contributed by atoms with Crippen LogP contribution < -0.4 is 4.90 Å². The summed E-state index contributed by atoms with van der Waals surface area (Å²) < 4.78 is 5.10. The van der Waals surface area contributed by atoms with Gasteiger partial charge in [0.1, 0.15) is 0 Å². The van der Waals surface area contributed by atoms with Crippen LogP contribution in [0.2, 0.25) is 0 Å². The number of anilines is 3. The maximum Gasteiger partial charge on any atom is 0.0634 e. The lowest BCUT2D eigenvalue weighted by molar-refractivity contribution is 1.21. The molecule has 2 aromatic heterocycles. The lowest BCUT2D eigenvalue weighted by atomic mass is 9.98. The molecule has 3 heteroatoms. The molecule has 10 aromatic carbocycles. The van der Waals surface area contributed by atoms with E-state index >= 15 is 0 Å². The third-order valence-electron chi connectivity index (χ3n) is 12.2. The van der Waals surface area contributed by atoms with Crippen molar-refractivity contribution in [1.82, 2.24) is 4.57 Å². The summed E-state index contributed by atoms with van der Waals surface area (Å²) in [7, 11) is 0. The zero-order chi connectivity index (χ0) is 40.3. The second-order valence-corrected chi connectivity index (χ2v) is 16.7. The zero-order valence-electron chi connectivity index (χ0n) is 33.2. The highest BCUT2D eigenvalue weighted by molar-refractivity contribution is 7.26. The Hall–Kier alpha value is -7.72. The lowest BCUT2D eigenvalue weighted by Gasteiger charge is -2.26. The largest absolute Gasteiger partial charge is 0.310 e. The first-order chi connectivity index (χ1) is 30.3. The third-order valence-corrected chi connectivity index (χ3v) is 13.4. The molecule has 0 saturated heterocycles. The Labute approximate surface area is 358 Å². The zero-order valence-corrected chi connectivity index (χ0v) is 34.1. The Morgan fingerprint density at radius 1 is 0.361 bits per heavy atom. The first kappa shape index (κ1) is 35.2. The van der Waals surface area contributed by atoms with E-state index in [-0.39, 0.29) is 0 Å². The molecule has 61 heavy (non-hydrogen) atoms. The van der Waals surface area contributed by atoms with E-state index < -0.39 is 0 Å². The molecule has 0 aliphatic heterocycles. The fraction of sp³-hybridized carbons (Fsp3) is 0. The summed E-state index contributed by atoms with van der Waals surface area (Å²) in [6, 6.07) is 84.0. The Bertz CT molecular complexity index is 3480. The highest BCUT2D eigenvalue weighted by Gasteiger charge is 2.23. The van der Waals surface area contributed by atoms with Crippen molar-refractivity contribution < 1.29 is 0 Å². The minimum atomic E-state index is 1.10. The molecular weight excluding hydrogens is 757 g/mol. The van der Waals surface area contributed by atoms with Gasteiger partial charge < -0.3 is 9.47 Å². The van der Waals surface area contributed by atoms with Crippen LogP contribution in [0, 0.1) is 0 Å². The van der Waals surface area contributed by atoms with E-state index in [4.69, 9.17) is 0 Å². The van der Waals surface area contributed by atoms with E-state index in [1.807, 2.05) is 11.3 Å². The van der Waals surface area contributed by atoms with Gasteiger partial charge >= 0.3 is 0 Å². The SMILES string of the molecule is c1ccc(-c2ccc(N(c3ccc(-c4ccccc4)cc3)c3cccc(-c4cc5c6ccccc6n(-c6cccc7ccccc67)c5c5c4sc4ccccc45)c3)cc2)cc1. The molecule has 0 spiro atoms.